The molecule has 0 saturated carbocycles. The zero-order valence-corrected chi connectivity index (χ0v) is 19.2. The summed E-state index contributed by atoms with van der Waals surface area (Å²) in [6, 6.07) is 6.95. The van der Waals surface area contributed by atoms with E-state index in [1.54, 1.807) is 0 Å². The normalized spacial score (nSPS) is 21.1. The van der Waals surface area contributed by atoms with E-state index in [1.165, 1.54) is 12.1 Å². The van der Waals surface area contributed by atoms with Gasteiger partial charge in [0.2, 0.25) is 0 Å². The van der Waals surface area contributed by atoms with Crippen molar-refractivity contribution < 1.29 is 13.9 Å². The van der Waals surface area contributed by atoms with E-state index in [1.807, 2.05) is 12.1 Å². The van der Waals surface area contributed by atoms with Crippen LogP contribution in [0.5, 0.6) is 0 Å². The van der Waals surface area contributed by atoms with Crippen molar-refractivity contribution >= 4 is 5.96 Å². The maximum Gasteiger partial charge on any atom is 0.191 e. The number of halogens is 1. The molecule has 1 atom stereocenters. The Morgan fingerprint density at radius 1 is 1.10 bits per heavy atom. The van der Waals surface area contributed by atoms with E-state index in [0.29, 0.717) is 6.54 Å². The molecule has 1 aromatic rings. The van der Waals surface area contributed by atoms with Gasteiger partial charge in [0.25, 0.3) is 0 Å². The van der Waals surface area contributed by atoms with E-state index in [0.717, 1.165) is 77.0 Å². The minimum atomic E-state index is -0.210. The van der Waals surface area contributed by atoms with Gasteiger partial charge in [0, 0.05) is 44.9 Å². The first-order chi connectivity index (χ1) is 15.0. The highest BCUT2D eigenvalue weighted by molar-refractivity contribution is 5.79. The molecule has 2 N–H and O–H groups in total. The molecule has 31 heavy (non-hydrogen) atoms. The number of benzene rings is 1. The summed E-state index contributed by atoms with van der Waals surface area (Å²) in [4.78, 5) is 9.63. The number of ether oxygens (including phenoxy) is 2. The summed E-state index contributed by atoms with van der Waals surface area (Å²) < 4.78 is 24.6. The topological polar surface area (TPSA) is 61.4 Å². The lowest BCUT2D eigenvalue weighted by Gasteiger charge is -2.41. The predicted molar refractivity (Wildman–Crippen MR) is 122 cm³/mol. The number of aliphatic imine (C=N–C) groups is 1. The van der Waals surface area contributed by atoms with Gasteiger partial charge in [0.15, 0.2) is 5.96 Å². The number of guanidine groups is 1. The number of nitrogens with zero attached hydrogens (tertiary/aromatic N) is 3. The van der Waals surface area contributed by atoms with Crippen molar-refractivity contribution in [2.24, 2.45) is 4.99 Å². The molecule has 2 aliphatic heterocycles. The molecule has 0 radical (unpaired) electrons. The SMILES string of the molecule is CCNC(=NCC1(N(C)C)CCOCC1)NCC(c1ccc(F)cc1)N1CCOCC1. The van der Waals surface area contributed by atoms with E-state index in [9.17, 15) is 4.39 Å². The summed E-state index contributed by atoms with van der Waals surface area (Å²) >= 11 is 0. The van der Waals surface area contributed by atoms with Gasteiger partial charge in [-0.1, -0.05) is 12.1 Å². The predicted octanol–water partition coefficient (Wildman–Crippen LogP) is 1.86. The third-order valence-electron chi connectivity index (χ3n) is 6.45. The number of hydrogen-bond donors (Lipinski definition) is 2. The third kappa shape index (κ3) is 6.62. The van der Waals surface area contributed by atoms with E-state index in [-0.39, 0.29) is 17.4 Å². The second kappa shape index (κ2) is 11.8. The van der Waals surface area contributed by atoms with Crippen LogP contribution in [0.3, 0.4) is 0 Å². The van der Waals surface area contributed by atoms with Crippen molar-refractivity contribution in [3.05, 3.63) is 35.6 Å². The Balaban J connectivity index is 1.71. The Morgan fingerprint density at radius 3 is 2.35 bits per heavy atom. The largest absolute Gasteiger partial charge is 0.381 e. The number of hydrogen-bond acceptors (Lipinski definition) is 5. The quantitative estimate of drug-likeness (QED) is 0.480. The molecule has 2 saturated heterocycles. The van der Waals surface area contributed by atoms with Gasteiger partial charge in [-0.15, -0.1) is 0 Å². The molecule has 8 heteroatoms. The highest BCUT2D eigenvalue weighted by atomic mass is 19.1. The molecule has 174 valence electrons. The lowest BCUT2D eigenvalue weighted by Crippen LogP contribution is -2.52. The van der Waals surface area contributed by atoms with Gasteiger partial charge >= 0.3 is 0 Å². The van der Waals surface area contributed by atoms with Gasteiger partial charge in [-0.3, -0.25) is 9.89 Å². The Hall–Kier alpha value is -1.74. The molecule has 0 amide bonds. The van der Waals surface area contributed by atoms with Crippen molar-refractivity contribution in [1.82, 2.24) is 20.4 Å². The second-order valence-electron chi connectivity index (χ2n) is 8.52. The van der Waals surface area contributed by atoms with Crippen LogP contribution in [0.1, 0.15) is 31.4 Å². The molecular formula is C23H38FN5O2. The average Bonchev–Trinajstić information content (AvgIpc) is 2.80. The van der Waals surface area contributed by atoms with Crippen molar-refractivity contribution in [3.63, 3.8) is 0 Å². The molecule has 0 aliphatic carbocycles. The molecule has 2 heterocycles. The summed E-state index contributed by atoms with van der Waals surface area (Å²) in [7, 11) is 4.26. The molecule has 0 aromatic heterocycles. The Bertz CT molecular complexity index is 686. The monoisotopic (exact) mass is 435 g/mol. The van der Waals surface area contributed by atoms with Crippen LogP contribution in [0.4, 0.5) is 4.39 Å². The van der Waals surface area contributed by atoms with E-state index in [2.05, 4.69) is 41.5 Å². The fourth-order valence-electron chi connectivity index (χ4n) is 4.29. The molecule has 1 unspecified atom stereocenters. The second-order valence-corrected chi connectivity index (χ2v) is 8.52. The van der Waals surface area contributed by atoms with Crippen molar-refractivity contribution in [1.29, 1.82) is 0 Å². The fourth-order valence-corrected chi connectivity index (χ4v) is 4.29. The number of likely N-dealkylation sites (N-methyl/N-ethyl adjacent to an activating group) is 1. The molecule has 2 aliphatic rings. The maximum atomic E-state index is 13.5. The summed E-state index contributed by atoms with van der Waals surface area (Å²) in [5.41, 5.74) is 1.13. The minimum absolute atomic E-state index is 0.0289. The molecule has 3 rings (SSSR count). The first-order valence-corrected chi connectivity index (χ1v) is 11.4. The maximum absolute atomic E-state index is 13.5. The zero-order chi connectivity index (χ0) is 22.1. The Kier molecular flexibility index (Phi) is 9.07. The van der Waals surface area contributed by atoms with Gasteiger partial charge in [-0.2, -0.15) is 0 Å². The lowest BCUT2D eigenvalue weighted by molar-refractivity contribution is -0.00257. The van der Waals surface area contributed by atoms with Crippen molar-refractivity contribution in [2.75, 3.05) is 73.2 Å². The highest BCUT2D eigenvalue weighted by Gasteiger charge is 2.34. The molecule has 0 bridgehead atoms. The van der Waals surface area contributed by atoms with Crippen LogP contribution in [-0.4, -0.2) is 94.5 Å². The average molecular weight is 436 g/mol. The minimum Gasteiger partial charge on any atom is -0.381 e. The fraction of sp³-hybridized carbons (Fsp3) is 0.696. The zero-order valence-electron chi connectivity index (χ0n) is 19.2. The number of morpholine rings is 1. The smallest absolute Gasteiger partial charge is 0.191 e. The number of nitrogens with one attached hydrogen (secondary N) is 2. The first-order valence-electron chi connectivity index (χ1n) is 11.4. The van der Waals surface area contributed by atoms with Crippen LogP contribution in [0, 0.1) is 5.82 Å². The van der Waals surface area contributed by atoms with Gasteiger partial charge < -0.3 is 25.0 Å². The Labute approximate surface area is 186 Å². The molecule has 1 aromatic carbocycles. The van der Waals surface area contributed by atoms with Crippen LogP contribution in [0.2, 0.25) is 0 Å². The number of rotatable bonds is 8. The third-order valence-corrected chi connectivity index (χ3v) is 6.45. The van der Waals surface area contributed by atoms with E-state index < -0.39 is 0 Å². The Morgan fingerprint density at radius 2 is 1.74 bits per heavy atom. The van der Waals surface area contributed by atoms with E-state index >= 15 is 0 Å². The molecule has 2 fully saturated rings. The standard InChI is InChI=1S/C23H38FN5O2/c1-4-25-22(27-18-23(28(2)3)9-13-30-14-10-23)26-17-21(29-11-15-31-16-12-29)19-5-7-20(24)8-6-19/h5-8,21H,4,9-18H2,1-3H3,(H2,25,26,27). The van der Waals surface area contributed by atoms with Crippen LogP contribution < -0.4 is 10.6 Å². The summed E-state index contributed by atoms with van der Waals surface area (Å²) in [6.45, 7) is 9.01. The first kappa shape index (κ1) is 23.9. The molecule has 0 spiro atoms. The van der Waals surface area contributed by atoms with Gasteiger partial charge in [0.05, 0.1) is 25.8 Å². The van der Waals surface area contributed by atoms with Gasteiger partial charge in [-0.05, 0) is 51.6 Å². The van der Waals surface area contributed by atoms with Crippen LogP contribution in [0.15, 0.2) is 29.3 Å². The highest BCUT2D eigenvalue weighted by Crippen LogP contribution is 2.26. The molecule has 7 nitrogen and oxygen atoms in total. The summed E-state index contributed by atoms with van der Waals surface area (Å²) in [6.07, 6.45) is 1.96. The summed E-state index contributed by atoms with van der Waals surface area (Å²) in [5, 5.41) is 6.92. The molecular weight excluding hydrogens is 397 g/mol. The van der Waals surface area contributed by atoms with Crippen LogP contribution in [-0.2, 0) is 9.47 Å². The van der Waals surface area contributed by atoms with Gasteiger partial charge in [-0.25, -0.2) is 4.39 Å². The van der Waals surface area contributed by atoms with Crippen molar-refractivity contribution in [2.45, 2.75) is 31.3 Å². The summed E-state index contributed by atoms with van der Waals surface area (Å²) in [5.74, 6) is 0.605. The van der Waals surface area contributed by atoms with E-state index in [4.69, 9.17) is 14.5 Å². The van der Waals surface area contributed by atoms with Crippen LogP contribution >= 0.6 is 0 Å². The van der Waals surface area contributed by atoms with Crippen LogP contribution in [0.25, 0.3) is 0 Å². The van der Waals surface area contributed by atoms with Gasteiger partial charge in [0.1, 0.15) is 5.82 Å². The lowest BCUT2D eigenvalue weighted by atomic mass is 9.89. The van der Waals surface area contributed by atoms with Crippen molar-refractivity contribution in [3.8, 4) is 0 Å².